The van der Waals surface area contributed by atoms with Crippen LogP contribution in [0.15, 0.2) is 0 Å². The summed E-state index contributed by atoms with van der Waals surface area (Å²) in [6.45, 7) is 8.77. The van der Waals surface area contributed by atoms with Crippen LogP contribution in [0.5, 0.6) is 0 Å². The minimum absolute atomic E-state index is 0.128. The summed E-state index contributed by atoms with van der Waals surface area (Å²) in [5.74, 6) is 2.26. The van der Waals surface area contributed by atoms with Gasteiger partial charge in [0.15, 0.2) is 0 Å². The lowest BCUT2D eigenvalue weighted by Crippen LogP contribution is -2.57. The second kappa shape index (κ2) is 4.12. The monoisotopic (exact) mass is 252 g/mol. The number of rotatable bonds is 0. The third kappa shape index (κ3) is 2.22. The number of hydrogen-bond donors (Lipinski definition) is 1. The summed E-state index contributed by atoms with van der Waals surface area (Å²) >= 11 is 0. The molecule has 2 saturated heterocycles. The third-order valence-electron chi connectivity index (χ3n) is 4.60. The summed E-state index contributed by atoms with van der Waals surface area (Å²) in [4.78, 5) is 14.0. The van der Waals surface area contributed by atoms with Gasteiger partial charge in [-0.1, -0.05) is 0 Å². The van der Waals surface area contributed by atoms with Gasteiger partial charge in [0.25, 0.3) is 0 Å². The van der Waals surface area contributed by atoms with E-state index >= 15 is 0 Å². The van der Waals surface area contributed by atoms with Crippen molar-refractivity contribution in [2.45, 2.75) is 45.3 Å². The first-order chi connectivity index (χ1) is 8.42. The molecule has 1 N–H and O–H groups in total. The maximum atomic E-state index is 12.1. The Kier molecular flexibility index (Phi) is 2.81. The summed E-state index contributed by atoms with van der Waals surface area (Å²) in [5.41, 5.74) is -0.384. The molecule has 3 fully saturated rings. The Morgan fingerprint density at radius 2 is 1.83 bits per heavy atom. The van der Waals surface area contributed by atoms with Crippen molar-refractivity contribution in [2.24, 2.45) is 17.8 Å². The minimum atomic E-state index is -0.384. The van der Waals surface area contributed by atoms with Crippen LogP contribution >= 0.6 is 0 Å². The van der Waals surface area contributed by atoms with Crippen LogP contribution in [-0.4, -0.2) is 42.3 Å². The Morgan fingerprint density at radius 1 is 1.17 bits per heavy atom. The molecule has 3 rings (SSSR count). The number of likely N-dealkylation sites (tertiary alicyclic amines) is 1. The van der Waals surface area contributed by atoms with E-state index in [-0.39, 0.29) is 11.7 Å². The molecule has 0 unspecified atom stereocenters. The zero-order valence-electron chi connectivity index (χ0n) is 11.6. The van der Waals surface area contributed by atoms with Gasteiger partial charge in [-0.15, -0.1) is 0 Å². The molecule has 1 saturated carbocycles. The van der Waals surface area contributed by atoms with Gasteiger partial charge < -0.3 is 15.0 Å². The van der Waals surface area contributed by atoms with E-state index in [0.29, 0.717) is 11.8 Å². The van der Waals surface area contributed by atoms with Crippen LogP contribution in [0.25, 0.3) is 0 Å². The fourth-order valence-electron chi connectivity index (χ4n) is 3.64. The van der Waals surface area contributed by atoms with E-state index in [1.54, 1.807) is 0 Å². The SMILES string of the molecule is CC(C)(C)OC(=O)N1C[C@H]2C[C@H]3NC[C@H]3C[C@H]2C1. The smallest absolute Gasteiger partial charge is 0.410 e. The van der Waals surface area contributed by atoms with Crippen LogP contribution in [0.4, 0.5) is 4.79 Å². The standard InChI is InChI=1S/C14H24N2O2/c1-14(2,3)18-13(17)16-7-10-4-9-6-15-12(9)5-11(10)8-16/h9-12,15H,4-8H2,1-3H3/t9-,10+,11-,12-/m1/s1. The van der Waals surface area contributed by atoms with Gasteiger partial charge in [-0.25, -0.2) is 4.79 Å². The zero-order valence-corrected chi connectivity index (χ0v) is 11.6. The first-order valence-electron chi connectivity index (χ1n) is 7.14. The van der Waals surface area contributed by atoms with Crippen molar-refractivity contribution < 1.29 is 9.53 Å². The minimum Gasteiger partial charge on any atom is -0.444 e. The fourth-order valence-corrected chi connectivity index (χ4v) is 3.64. The number of hydrogen-bond acceptors (Lipinski definition) is 3. The fraction of sp³-hybridized carbons (Fsp3) is 0.929. The largest absolute Gasteiger partial charge is 0.444 e. The molecule has 4 nitrogen and oxygen atoms in total. The van der Waals surface area contributed by atoms with E-state index in [4.69, 9.17) is 4.74 Å². The average Bonchev–Trinajstić information content (AvgIpc) is 2.61. The van der Waals surface area contributed by atoms with Gasteiger partial charge >= 0.3 is 6.09 Å². The Labute approximate surface area is 109 Å². The number of ether oxygens (including phenoxy) is 1. The van der Waals surface area contributed by atoms with Gasteiger partial charge in [0.1, 0.15) is 5.60 Å². The number of carbonyl (C=O) groups is 1. The van der Waals surface area contributed by atoms with E-state index < -0.39 is 0 Å². The van der Waals surface area contributed by atoms with Crippen molar-refractivity contribution in [1.82, 2.24) is 10.2 Å². The Morgan fingerprint density at radius 3 is 2.39 bits per heavy atom. The van der Waals surface area contributed by atoms with Crippen molar-refractivity contribution in [3.05, 3.63) is 0 Å². The lowest BCUT2D eigenvalue weighted by Gasteiger charge is -2.46. The molecule has 0 radical (unpaired) electrons. The molecule has 0 aromatic heterocycles. The molecule has 4 heteroatoms. The predicted molar refractivity (Wildman–Crippen MR) is 69.3 cm³/mol. The first kappa shape index (κ1) is 12.3. The highest BCUT2D eigenvalue weighted by Gasteiger charge is 2.46. The number of amides is 1. The molecule has 2 aliphatic heterocycles. The van der Waals surface area contributed by atoms with Gasteiger partial charge in [-0.05, 0) is 57.9 Å². The van der Waals surface area contributed by atoms with Gasteiger partial charge in [-0.3, -0.25) is 0 Å². The molecule has 0 spiro atoms. The Hall–Kier alpha value is -0.770. The molecule has 102 valence electrons. The highest BCUT2D eigenvalue weighted by molar-refractivity contribution is 5.68. The molecule has 1 amide bonds. The summed E-state index contributed by atoms with van der Waals surface area (Å²) < 4.78 is 5.47. The average molecular weight is 252 g/mol. The summed E-state index contributed by atoms with van der Waals surface area (Å²) in [5, 5.41) is 3.51. The van der Waals surface area contributed by atoms with Crippen LogP contribution in [0.3, 0.4) is 0 Å². The second-order valence-corrected chi connectivity index (χ2v) is 7.15. The van der Waals surface area contributed by atoms with Crippen LogP contribution in [0.2, 0.25) is 0 Å². The first-order valence-corrected chi connectivity index (χ1v) is 7.14. The summed E-state index contributed by atoms with van der Waals surface area (Å²) in [7, 11) is 0. The van der Waals surface area contributed by atoms with Crippen LogP contribution < -0.4 is 5.32 Å². The second-order valence-electron chi connectivity index (χ2n) is 7.15. The topological polar surface area (TPSA) is 41.6 Å². The van der Waals surface area contributed by atoms with Gasteiger partial charge in [0.05, 0.1) is 0 Å². The molecule has 0 aromatic carbocycles. The van der Waals surface area contributed by atoms with Crippen molar-refractivity contribution in [1.29, 1.82) is 0 Å². The van der Waals surface area contributed by atoms with Gasteiger partial charge in [0.2, 0.25) is 0 Å². The third-order valence-corrected chi connectivity index (χ3v) is 4.60. The van der Waals surface area contributed by atoms with E-state index in [1.807, 2.05) is 25.7 Å². The van der Waals surface area contributed by atoms with Crippen molar-refractivity contribution in [2.75, 3.05) is 19.6 Å². The van der Waals surface area contributed by atoms with E-state index in [1.165, 1.54) is 19.4 Å². The lowest BCUT2D eigenvalue weighted by molar-refractivity contribution is 0.0284. The molecule has 3 aliphatic rings. The number of nitrogens with zero attached hydrogens (tertiary/aromatic N) is 1. The normalized spacial score (nSPS) is 38.7. The predicted octanol–water partition coefficient (Wildman–Crippen LogP) is 1.85. The van der Waals surface area contributed by atoms with Crippen molar-refractivity contribution >= 4 is 6.09 Å². The number of fused-ring (bicyclic) bond motifs is 2. The lowest BCUT2D eigenvalue weighted by atomic mass is 9.69. The van der Waals surface area contributed by atoms with Crippen LogP contribution in [0.1, 0.15) is 33.6 Å². The van der Waals surface area contributed by atoms with Crippen molar-refractivity contribution in [3.8, 4) is 0 Å². The Balaban J connectivity index is 1.59. The van der Waals surface area contributed by atoms with Crippen LogP contribution in [-0.2, 0) is 4.74 Å². The highest BCUT2D eigenvalue weighted by Crippen LogP contribution is 2.42. The molecule has 4 atom stereocenters. The Bertz CT molecular complexity index is 330. The molecule has 18 heavy (non-hydrogen) atoms. The molecular weight excluding hydrogens is 228 g/mol. The van der Waals surface area contributed by atoms with Crippen LogP contribution in [0, 0.1) is 17.8 Å². The highest BCUT2D eigenvalue weighted by atomic mass is 16.6. The summed E-state index contributed by atoms with van der Waals surface area (Å²) in [6, 6.07) is 0.727. The maximum absolute atomic E-state index is 12.1. The summed E-state index contributed by atoms with van der Waals surface area (Å²) in [6.07, 6.45) is 2.41. The molecular formula is C14H24N2O2. The molecule has 2 heterocycles. The van der Waals surface area contributed by atoms with E-state index in [2.05, 4.69) is 5.32 Å². The molecule has 1 aliphatic carbocycles. The van der Waals surface area contributed by atoms with E-state index in [9.17, 15) is 4.79 Å². The van der Waals surface area contributed by atoms with Gasteiger partial charge in [0, 0.05) is 19.1 Å². The van der Waals surface area contributed by atoms with Gasteiger partial charge in [-0.2, -0.15) is 0 Å². The molecule has 0 bridgehead atoms. The van der Waals surface area contributed by atoms with Crippen molar-refractivity contribution in [3.63, 3.8) is 0 Å². The quantitative estimate of drug-likeness (QED) is 0.715. The maximum Gasteiger partial charge on any atom is 0.410 e. The molecule has 0 aromatic rings. The zero-order chi connectivity index (χ0) is 12.9. The van der Waals surface area contributed by atoms with E-state index in [0.717, 1.165) is 25.0 Å². The number of carbonyl (C=O) groups excluding carboxylic acids is 1. The number of nitrogens with one attached hydrogen (secondary N) is 1.